The first-order valence-electron chi connectivity index (χ1n) is 5.52. The summed E-state index contributed by atoms with van der Waals surface area (Å²) in [6.07, 6.45) is 1.36. The van der Waals surface area contributed by atoms with Gasteiger partial charge in [-0.1, -0.05) is 13.8 Å². The molecule has 0 amide bonds. The first-order chi connectivity index (χ1) is 8.33. The third kappa shape index (κ3) is 1.90. The first-order valence-corrected chi connectivity index (χ1v) is 5.52. The third-order valence-corrected chi connectivity index (χ3v) is 3.13. The van der Waals surface area contributed by atoms with Gasteiger partial charge < -0.3 is 15.2 Å². The van der Waals surface area contributed by atoms with Crippen molar-refractivity contribution in [2.45, 2.75) is 25.2 Å². The number of H-pyrrole nitrogens is 1. The van der Waals surface area contributed by atoms with E-state index in [0.717, 1.165) is 0 Å². The van der Waals surface area contributed by atoms with Gasteiger partial charge in [0.1, 0.15) is 11.6 Å². The van der Waals surface area contributed by atoms with Crippen LogP contribution in [0.25, 0.3) is 0 Å². The second-order valence-corrected chi connectivity index (χ2v) is 5.01. The Labute approximate surface area is 103 Å². The van der Waals surface area contributed by atoms with Gasteiger partial charge in [0, 0.05) is 23.9 Å². The standard InChI is InChI=1S/C12H14N2O4/c1-12(2)5-13-4-6(10(15)16)9-7(12)3-8(14-9)11(17)18/h3-4,6,14H,5H2,1-2H3,(H,15,16)(H,17,18). The van der Waals surface area contributed by atoms with E-state index in [1.54, 1.807) is 0 Å². The summed E-state index contributed by atoms with van der Waals surface area (Å²) < 4.78 is 0. The van der Waals surface area contributed by atoms with Crippen molar-refractivity contribution in [3.63, 3.8) is 0 Å². The van der Waals surface area contributed by atoms with Crippen LogP contribution in [0.15, 0.2) is 11.1 Å². The maximum atomic E-state index is 11.2. The summed E-state index contributed by atoms with van der Waals surface area (Å²) in [6, 6.07) is 1.50. The van der Waals surface area contributed by atoms with Crippen LogP contribution < -0.4 is 0 Å². The van der Waals surface area contributed by atoms with Gasteiger partial charge in [0.15, 0.2) is 0 Å². The van der Waals surface area contributed by atoms with Gasteiger partial charge in [-0.2, -0.15) is 0 Å². The van der Waals surface area contributed by atoms with E-state index in [1.165, 1.54) is 12.3 Å². The van der Waals surface area contributed by atoms with Gasteiger partial charge in [0.05, 0.1) is 0 Å². The Hall–Kier alpha value is -2.11. The van der Waals surface area contributed by atoms with E-state index in [4.69, 9.17) is 10.2 Å². The second kappa shape index (κ2) is 3.97. The molecular formula is C12H14N2O4. The minimum atomic E-state index is -1.10. The fraction of sp³-hybridized carbons (Fsp3) is 0.417. The highest BCUT2D eigenvalue weighted by Gasteiger charge is 2.34. The molecule has 0 bridgehead atoms. The number of aliphatic imine (C=N–C) groups is 1. The van der Waals surface area contributed by atoms with Crippen LogP contribution in [0, 0.1) is 0 Å². The molecule has 1 aromatic heterocycles. The molecule has 1 unspecified atom stereocenters. The van der Waals surface area contributed by atoms with Gasteiger partial charge in [-0.05, 0) is 11.6 Å². The van der Waals surface area contributed by atoms with E-state index in [-0.39, 0.29) is 11.1 Å². The number of fused-ring (bicyclic) bond motifs is 1. The summed E-state index contributed by atoms with van der Waals surface area (Å²) in [6.45, 7) is 4.25. The van der Waals surface area contributed by atoms with Crippen LogP contribution in [-0.2, 0) is 10.2 Å². The molecule has 0 fully saturated rings. The Morgan fingerprint density at radius 1 is 1.44 bits per heavy atom. The molecule has 6 nitrogen and oxygen atoms in total. The molecular weight excluding hydrogens is 236 g/mol. The molecule has 0 saturated heterocycles. The number of aromatic nitrogens is 1. The van der Waals surface area contributed by atoms with E-state index in [0.29, 0.717) is 17.8 Å². The van der Waals surface area contributed by atoms with Gasteiger partial charge >= 0.3 is 11.9 Å². The van der Waals surface area contributed by atoms with Crippen LogP contribution in [0.5, 0.6) is 0 Å². The summed E-state index contributed by atoms with van der Waals surface area (Å²) in [5.41, 5.74) is 0.728. The predicted octanol–water partition coefficient (Wildman–Crippen LogP) is 1.24. The highest BCUT2D eigenvalue weighted by Crippen LogP contribution is 2.33. The average Bonchev–Trinajstić information content (AvgIpc) is 2.64. The molecule has 3 N–H and O–H groups in total. The van der Waals surface area contributed by atoms with E-state index < -0.39 is 17.9 Å². The molecule has 96 valence electrons. The normalized spacial score (nSPS) is 21.1. The lowest BCUT2D eigenvalue weighted by Gasteiger charge is -2.21. The zero-order valence-electron chi connectivity index (χ0n) is 10.1. The summed E-state index contributed by atoms with van der Waals surface area (Å²) >= 11 is 0. The number of aliphatic carboxylic acids is 1. The Bertz CT molecular complexity index is 542. The van der Waals surface area contributed by atoms with E-state index >= 15 is 0 Å². The zero-order chi connectivity index (χ0) is 13.5. The lowest BCUT2D eigenvalue weighted by molar-refractivity contribution is -0.137. The summed E-state index contributed by atoms with van der Waals surface area (Å²) in [5.74, 6) is -3.06. The van der Waals surface area contributed by atoms with Crippen LogP contribution in [-0.4, -0.2) is 39.9 Å². The molecule has 0 aliphatic carbocycles. The van der Waals surface area contributed by atoms with E-state index in [2.05, 4.69) is 9.98 Å². The van der Waals surface area contributed by atoms with Crippen LogP contribution in [0.4, 0.5) is 0 Å². The lowest BCUT2D eigenvalue weighted by atomic mass is 9.83. The molecule has 1 atom stereocenters. The quantitative estimate of drug-likeness (QED) is 0.734. The molecule has 18 heavy (non-hydrogen) atoms. The summed E-state index contributed by atoms with van der Waals surface area (Å²) in [4.78, 5) is 29.0. The van der Waals surface area contributed by atoms with E-state index in [9.17, 15) is 9.59 Å². The zero-order valence-corrected chi connectivity index (χ0v) is 10.1. The Balaban J connectivity index is 2.63. The van der Waals surface area contributed by atoms with E-state index in [1.807, 2.05) is 13.8 Å². The van der Waals surface area contributed by atoms with Crippen molar-refractivity contribution in [1.82, 2.24) is 4.98 Å². The first kappa shape index (κ1) is 12.3. The molecule has 0 aromatic carbocycles. The number of hydrogen-bond acceptors (Lipinski definition) is 3. The number of nitrogens with one attached hydrogen (secondary N) is 1. The highest BCUT2D eigenvalue weighted by atomic mass is 16.4. The van der Waals surface area contributed by atoms with Gasteiger partial charge in [0.25, 0.3) is 0 Å². The van der Waals surface area contributed by atoms with Crippen molar-refractivity contribution >= 4 is 18.2 Å². The second-order valence-electron chi connectivity index (χ2n) is 5.01. The number of aromatic amines is 1. The Morgan fingerprint density at radius 3 is 2.67 bits per heavy atom. The molecule has 0 radical (unpaired) electrons. The largest absolute Gasteiger partial charge is 0.480 e. The fourth-order valence-corrected chi connectivity index (χ4v) is 2.12. The molecule has 6 heteroatoms. The fourth-order valence-electron chi connectivity index (χ4n) is 2.12. The van der Waals surface area contributed by atoms with Gasteiger partial charge in [-0.25, -0.2) is 4.79 Å². The van der Waals surface area contributed by atoms with Crippen LogP contribution in [0.2, 0.25) is 0 Å². The molecule has 2 rings (SSSR count). The minimum Gasteiger partial charge on any atom is -0.480 e. The van der Waals surface area contributed by atoms with Crippen LogP contribution >= 0.6 is 0 Å². The number of carbonyl (C=O) groups is 2. The van der Waals surface area contributed by atoms with Crippen LogP contribution in [0.1, 0.15) is 41.5 Å². The highest BCUT2D eigenvalue weighted by molar-refractivity contribution is 5.96. The monoisotopic (exact) mass is 250 g/mol. The molecule has 1 aliphatic heterocycles. The van der Waals surface area contributed by atoms with Crippen molar-refractivity contribution in [3.05, 3.63) is 23.0 Å². The van der Waals surface area contributed by atoms with Crippen molar-refractivity contribution in [3.8, 4) is 0 Å². The molecule has 1 aromatic rings. The minimum absolute atomic E-state index is 0.00891. The van der Waals surface area contributed by atoms with Crippen molar-refractivity contribution in [2.24, 2.45) is 4.99 Å². The molecule has 0 saturated carbocycles. The molecule has 2 heterocycles. The van der Waals surface area contributed by atoms with Crippen molar-refractivity contribution in [1.29, 1.82) is 0 Å². The Kier molecular flexibility index (Phi) is 2.73. The average molecular weight is 250 g/mol. The van der Waals surface area contributed by atoms with Crippen LogP contribution in [0.3, 0.4) is 0 Å². The number of carboxylic acids is 2. The summed E-state index contributed by atoms with van der Waals surface area (Å²) in [7, 11) is 0. The van der Waals surface area contributed by atoms with Crippen molar-refractivity contribution in [2.75, 3.05) is 6.54 Å². The number of rotatable bonds is 2. The number of hydrogen-bond donors (Lipinski definition) is 3. The van der Waals surface area contributed by atoms with Crippen molar-refractivity contribution < 1.29 is 19.8 Å². The van der Waals surface area contributed by atoms with Gasteiger partial charge in [0.2, 0.25) is 0 Å². The smallest absolute Gasteiger partial charge is 0.352 e. The number of carboxylic acid groups (broad SMARTS) is 2. The third-order valence-electron chi connectivity index (χ3n) is 3.13. The molecule has 0 spiro atoms. The number of nitrogens with zero attached hydrogens (tertiary/aromatic N) is 1. The SMILES string of the molecule is CC1(C)CN=CC(C(=O)O)c2[nH]c(C(=O)O)cc21. The number of aromatic carboxylic acids is 1. The van der Waals surface area contributed by atoms with Gasteiger partial charge in [-0.15, -0.1) is 0 Å². The topological polar surface area (TPSA) is 103 Å². The maximum absolute atomic E-state index is 11.2. The maximum Gasteiger partial charge on any atom is 0.352 e. The van der Waals surface area contributed by atoms with Gasteiger partial charge in [-0.3, -0.25) is 9.79 Å². The summed E-state index contributed by atoms with van der Waals surface area (Å²) in [5, 5.41) is 18.2. The molecule has 1 aliphatic rings. The predicted molar refractivity (Wildman–Crippen MR) is 64.5 cm³/mol. The Morgan fingerprint density at radius 2 is 2.11 bits per heavy atom. The lowest BCUT2D eigenvalue weighted by Crippen LogP contribution is -2.22.